The second-order valence-electron chi connectivity index (χ2n) is 4.70. The first kappa shape index (κ1) is 15.3. The number of nitro benzene ring substituents is 1. The summed E-state index contributed by atoms with van der Waals surface area (Å²) in [7, 11) is 0. The molecule has 0 aliphatic carbocycles. The fourth-order valence-electron chi connectivity index (χ4n) is 1.96. The summed E-state index contributed by atoms with van der Waals surface area (Å²) in [5.41, 5.74) is 3.33. The van der Waals surface area contributed by atoms with Crippen LogP contribution in [0.3, 0.4) is 0 Å². The smallest absolute Gasteiger partial charge is 0.288 e. The first-order valence-electron chi connectivity index (χ1n) is 6.38. The van der Waals surface area contributed by atoms with Crippen LogP contribution < -0.4 is 5.32 Å². The van der Waals surface area contributed by atoms with Crippen LogP contribution in [0.4, 0.5) is 11.4 Å². The van der Waals surface area contributed by atoms with Gasteiger partial charge in [0.05, 0.1) is 11.5 Å². The molecule has 6 heteroatoms. The molecule has 2 aromatic carbocycles. The molecule has 2 rings (SSSR count). The van der Waals surface area contributed by atoms with Gasteiger partial charge in [-0.05, 0) is 29.7 Å². The molecule has 0 aliphatic heterocycles. The summed E-state index contributed by atoms with van der Waals surface area (Å²) in [6.45, 7) is 2.38. The van der Waals surface area contributed by atoms with Crippen molar-refractivity contribution in [1.82, 2.24) is 0 Å². The zero-order valence-electron chi connectivity index (χ0n) is 11.5. The van der Waals surface area contributed by atoms with E-state index in [1.165, 1.54) is 6.07 Å². The van der Waals surface area contributed by atoms with Gasteiger partial charge in [-0.3, -0.25) is 10.1 Å². The Kier molecular flexibility index (Phi) is 4.77. The van der Waals surface area contributed by atoms with E-state index in [0.717, 1.165) is 22.4 Å². The predicted octanol–water partition coefficient (Wildman–Crippen LogP) is 3.66. The lowest BCUT2D eigenvalue weighted by molar-refractivity contribution is -0.384. The molecule has 2 N–H and O–H groups in total. The quantitative estimate of drug-likeness (QED) is 0.653. The Morgan fingerprint density at radius 1 is 1.24 bits per heavy atom. The summed E-state index contributed by atoms with van der Waals surface area (Å²) in [6, 6.07) is 10.6. The number of rotatable bonds is 5. The van der Waals surface area contributed by atoms with Crippen LogP contribution in [-0.4, -0.2) is 10.0 Å². The molecule has 2 aromatic rings. The van der Waals surface area contributed by atoms with E-state index in [9.17, 15) is 10.1 Å². The third-order valence-corrected chi connectivity index (χ3v) is 3.48. The summed E-state index contributed by atoms with van der Waals surface area (Å²) in [5.74, 6) is 0. The molecule has 0 aromatic heterocycles. The average Bonchev–Trinajstić information content (AvgIpc) is 2.48. The van der Waals surface area contributed by atoms with Gasteiger partial charge in [-0.15, -0.1) is 0 Å². The highest BCUT2D eigenvalue weighted by molar-refractivity contribution is 6.33. The topological polar surface area (TPSA) is 75.4 Å². The predicted molar refractivity (Wildman–Crippen MR) is 82.5 cm³/mol. The Hall–Kier alpha value is -2.11. The highest BCUT2D eigenvalue weighted by Gasteiger charge is 2.14. The maximum Gasteiger partial charge on any atom is 0.288 e. The van der Waals surface area contributed by atoms with Crippen molar-refractivity contribution in [3.8, 4) is 0 Å². The standard InChI is InChI=1S/C15H15ClN2O3/c1-10-6-15(18(20)21)13(16)7-14(10)17-8-11-2-4-12(9-19)5-3-11/h2-7,17,19H,8-9H2,1H3. The van der Waals surface area contributed by atoms with Gasteiger partial charge in [-0.2, -0.15) is 0 Å². The van der Waals surface area contributed by atoms with Crippen molar-refractivity contribution in [2.75, 3.05) is 5.32 Å². The van der Waals surface area contributed by atoms with E-state index in [0.29, 0.717) is 6.54 Å². The first-order valence-corrected chi connectivity index (χ1v) is 6.76. The molecule has 5 nitrogen and oxygen atoms in total. The molecular weight excluding hydrogens is 292 g/mol. The number of halogens is 1. The lowest BCUT2D eigenvalue weighted by Gasteiger charge is -2.10. The zero-order chi connectivity index (χ0) is 15.4. The number of anilines is 1. The van der Waals surface area contributed by atoms with Crippen LogP contribution in [0.15, 0.2) is 36.4 Å². The monoisotopic (exact) mass is 306 g/mol. The number of hydrogen-bond acceptors (Lipinski definition) is 4. The number of aliphatic hydroxyl groups excluding tert-OH is 1. The molecule has 0 heterocycles. The van der Waals surface area contributed by atoms with Gasteiger partial charge in [0.2, 0.25) is 0 Å². The van der Waals surface area contributed by atoms with E-state index in [2.05, 4.69) is 5.32 Å². The van der Waals surface area contributed by atoms with E-state index in [-0.39, 0.29) is 17.3 Å². The Labute approximate surface area is 127 Å². The fraction of sp³-hybridized carbons (Fsp3) is 0.200. The largest absolute Gasteiger partial charge is 0.392 e. The number of benzene rings is 2. The fourth-order valence-corrected chi connectivity index (χ4v) is 2.19. The van der Waals surface area contributed by atoms with Gasteiger partial charge in [0.1, 0.15) is 5.02 Å². The summed E-state index contributed by atoms with van der Waals surface area (Å²) >= 11 is 5.91. The zero-order valence-corrected chi connectivity index (χ0v) is 12.2. The molecule has 0 radical (unpaired) electrons. The van der Waals surface area contributed by atoms with Crippen LogP contribution in [-0.2, 0) is 13.2 Å². The minimum absolute atomic E-state index is 0.0186. The van der Waals surface area contributed by atoms with E-state index in [4.69, 9.17) is 16.7 Å². The third kappa shape index (κ3) is 3.71. The SMILES string of the molecule is Cc1cc([N+](=O)[O-])c(Cl)cc1NCc1ccc(CO)cc1. The molecule has 0 fully saturated rings. The van der Waals surface area contributed by atoms with Crippen molar-refractivity contribution >= 4 is 23.0 Å². The number of nitrogens with one attached hydrogen (secondary N) is 1. The first-order chi connectivity index (χ1) is 10.0. The molecular formula is C15H15ClN2O3. The highest BCUT2D eigenvalue weighted by atomic mass is 35.5. The molecule has 110 valence electrons. The minimum Gasteiger partial charge on any atom is -0.392 e. The number of nitro groups is 1. The molecule has 0 spiro atoms. The lowest BCUT2D eigenvalue weighted by atomic mass is 10.1. The average molecular weight is 307 g/mol. The van der Waals surface area contributed by atoms with E-state index >= 15 is 0 Å². The number of nitrogens with zero attached hydrogens (tertiary/aromatic N) is 1. The van der Waals surface area contributed by atoms with Crippen LogP contribution in [0.2, 0.25) is 5.02 Å². The van der Waals surface area contributed by atoms with Crippen molar-refractivity contribution in [1.29, 1.82) is 0 Å². The Balaban J connectivity index is 2.12. The van der Waals surface area contributed by atoms with Crippen LogP contribution in [0, 0.1) is 17.0 Å². The molecule has 0 atom stereocenters. The molecule has 0 saturated carbocycles. The Morgan fingerprint density at radius 3 is 2.43 bits per heavy atom. The van der Waals surface area contributed by atoms with Crippen LogP contribution in [0.5, 0.6) is 0 Å². The van der Waals surface area contributed by atoms with Gasteiger partial charge in [0.15, 0.2) is 0 Å². The summed E-state index contributed by atoms with van der Waals surface area (Å²) in [4.78, 5) is 10.3. The third-order valence-electron chi connectivity index (χ3n) is 3.18. The maximum absolute atomic E-state index is 10.8. The second kappa shape index (κ2) is 6.56. The van der Waals surface area contributed by atoms with E-state index < -0.39 is 4.92 Å². The number of hydrogen-bond donors (Lipinski definition) is 2. The second-order valence-corrected chi connectivity index (χ2v) is 5.11. The van der Waals surface area contributed by atoms with Crippen molar-refractivity contribution in [2.45, 2.75) is 20.1 Å². The molecule has 0 amide bonds. The normalized spacial score (nSPS) is 10.4. The lowest BCUT2D eigenvalue weighted by Crippen LogP contribution is -2.02. The van der Waals surface area contributed by atoms with Crippen molar-refractivity contribution in [3.63, 3.8) is 0 Å². The summed E-state index contributed by atoms with van der Waals surface area (Å²) in [6.07, 6.45) is 0. The van der Waals surface area contributed by atoms with Gasteiger partial charge >= 0.3 is 0 Å². The van der Waals surface area contributed by atoms with Crippen molar-refractivity contribution < 1.29 is 10.0 Å². The Bertz CT molecular complexity index is 657. The Morgan fingerprint density at radius 2 is 1.86 bits per heavy atom. The van der Waals surface area contributed by atoms with Crippen LogP contribution in [0.1, 0.15) is 16.7 Å². The van der Waals surface area contributed by atoms with Gasteiger partial charge in [0, 0.05) is 18.3 Å². The van der Waals surface area contributed by atoms with Gasteiger partial charge in [-0.1, -0.05) is 35.9 Å². The molecule has 0 unspecified atom stereocenters. The van der Waals surface area contributed by atoms with Crippen molar-refractivity contribution in [3.05, 3.63) is 68.2 Å². The number of aryl methyl sites for hydroxylation is 1. The minimum atomic E-state index is -0.493. The highest BCUT2D eigenvalue weighted by Crippen LogP contribution is 2.30. The number of aliphatic hydroxyl groups is 1. The summed E-state index contributed by atoms with van der Waals surface area (Å²) in [5, 5.41) is 23.1. The van der Waals surface area contributed by atoms with E-state index in [1.807, 2.05) is 24.3 Å². The van der Waals surface area contributed by atoms with Gasteiger partial charge < -0.3 is 10.4 Å². The van der Waals surface area contributed by atoms with Crippen LogP contribution >= 0.6 is 11.6 Å². The molecule has 0 bridgehead atoms. The van der Waals surface area contributed by atoms with Gasteiger partial charge in [-0.25, -0.2) is 0 Å². The maximum atomic E-state index is 10.8. The van der Waals surface area contributed by atoms with Crippen molar-refractivity contribution in [2.24, 2.45) is 0 Å². The van der Waals surface area contributed by atoms with E-state index in [1.54, 1.807) is 13.0 Å². The molecule has 0 aliphatic rings. The summed E-state index contributed by atoms with van der Waals surface area (Å²) < 4.78 is 0. The van der Waals surface area contributed by atoms with Gasteiger partial charge in [0.25, 0.3) is 5.69 Å². The van der Waals surface area contributed by atoms with Crippen LogP contribution in [0.25, 0.3) is 0 Å². The molecule has 21 heavy (non-hydrogen) atoms. The molecule has 0 saturated heterocycles.